The van der Waals surface area contributed by atoms with Crippen LogP contribution in [0.25, 0.3) is 0 Å². The molecule has 5 heteroatoms. The molecular weight excluding hydrogens is 220 g/mol. The van der Waals surface area contributed by atoms with Crippen molar-refractivity contribution in [3.63, 3.8) is 0 Å². The number of nitrogens with zero attached hydrogens (tertiary/aromatic N) is 1. The first-order valence-electron chi connectivity index (χ1n) is 5.91. The van der Waals surface area contributed by atoms with Gasteiger partial charge in [0.05, 0.1) is 5.56 Å². The van der Waals surface area contributed by atoms with E-state index in [1.165, 1.54) is 17.7 Å². The molecule has 0 spiro atoms. The number of H-pyrrole nitrogens is 1. The van der Waals surface area contributed by atoms with Crippen LogP contribution in [0, 0.1) is 0 Å². The third kappa shape index (κ3) is 3.69. The van der Waals surface area contributed by atoms with Crippen molar-refractivity contribution in [2.45, 2.75) is 46.1 Å². The minimum Gasteiger partial charge on any atom is -0.300 e. The number of aromatic amines is 1. The van der Waals surface area contributed by atoms with Crippen LogP contribution >= 0.6 is 0 Å². The fraction of sp³-hybridized carbons (Fsp3) is 0.583. The monoisotopic (exact) mass is 238 g/mol. The molecule has 0 saturated carbocycles. The second-order valence-electron chi connectivity index (χ2n) is 4.11. The van der Waals surface area contributed by atoms with E-state index >= 15 is 0 Å². The maximum absolute atomic E-state index is 11.5. The zero-order chi connectivity index (χ0) is 12.8. The van der Waals surface area contributed by atoms with Crippen LogP contribution in [0.3, 0.4) is 0 Å². The number of hydrogen-bond acceptors (Lipinski definition) is 3. The Hall–Kier alpha value is -1.65. The smallest absolute Gasteiger partial charge is 0.300 e. The fourth-order valence-corrected chi connectivity index (χ4v) is 1.64. The van der Waals surface area contributed by atoms with Gasteiger partial charge in [0.25, 0.3) is 5.56 Å². The predicted octanol–water partition coefficient (Wildman–Crippen LogP) is 1.32. The zero-order valence-electron chi connectivity index (χ0n) is 10.3. The van der Waals surface area contributed by atoms with E-state index in [9.17, 15) is 14.4 Å². The summed E-state index contributed by atoms with van der Waals surface area (Å²) in [6.07, 6.45) is 5.51. The van der Waals surface area contributed by atoms with Gasteiger partial charge >= 0.3 is 5.69 Å². The first kappa shape index (κ1) is 13.4. The maximum Gasteiger partial charge on any atom is 0.328 e. The number of ketones is 1. The van der Waals surface area contributed by atoms with Gasteiger partial charge in [-0.3, -0.25) is 19.1 Å². The Morgan fingerprint density at radius 2 is 2.00 bits per heavy atom. The Bertz CT molecular complexity index is 499. The van der Waals surface area contributed by atoms with Gasteiger partial charge < -0.3 is 0 Å². The fourth-order valence-electron chi connectivity index (χ4n) is 1.64. The van der Waals surface area contributed by atoms with Crippen LogP contribution in [0.1, 0.15) is 49.9 Å². The predicted molar refractivity (Wildman–Crippen MR) is 65.5 cm³/mol. The van der Waals surface area contributed by atoms with E-state index in [4.69, 9.17) is 0 Å². The molecule has 1 aromatic rings. The van der Waals surface area contributed by atoms with E-state index in [2.05, 4.69) is 11.9 Å². The van der Waals surface area contributed by atoms with Crippen LogP contribution in [0.5, 0.6) is 0 Å². The number of hydrogen-bond donors (Lipinski definition) is 1. The molecule has 0 radical (unpaired) electrons. The van der Waals surface area contributed by atoms with Gasteiger partial charge in [0.2, 0.25) is 0 Å². The minimum atomic E-state index is -0.604. The summed E-state index contributed by atoms with van der Waals surface area (Å²) in [6.45, 7) is 3.96. The summed E-state index contributed by atoms with van der Waals surface area (Å²) in [6, 6.07) is 0. The number of rotatable bonds is 6. The van der Waals surface area contributed by atoms with Crippen LogP contribution in [0.2, 0.25) is 0 Å². The van der Waals surface area contributed by atoms with Gasteiger partial charge in [-0.05, 0) is 13.3 Å². The molecule has 0 amide bonds. The molecule has 1 aromatic heterocycles. The highest BCUT2D eigenvalue weighted by Gasteiger charge is 2.08. The molecule has 94 valence electrons. The first-order chi connectivity index (χ1) is 8.06. The lowest BCUT2D eigenvalue weighted by atomic mass is 10.2. The largest absolute Gasteiger partial charge is 0.328 e. The number of carbonyl (C=O) groups excluding carboxylic acids is 1. The van der Waals surface area contributed by atoms with Crippen molar-refractivity contribution in [2.24, 2.45) is 0 Å². The normalized spacial score (nSPS) is 10.5. The Kier molecular flexibility index (Phi) is 4.87. The third-order valence-electron chi connectivity index (χ3n) is 2.64. The number of Topliss-reactive ketones (excluding diaryl/α,β-unsaturated/α-hetero) is 1. The summed E-state index contributed by atoms with van der Waals surface area (Å²) < 4.78 is 1.40. The summed E-state index contributed by atoms with van der Waals surface area (Å²) in [7, 11) is 0. The Morgan fingerprint density at radius 1 is 1.29 bits per heavy atom. The average molecular weight is 238 g/mol. The highest BCUT2D eigenvalue weighted by atomic mass is 16.2. The molecule has 0 aromatic carbocycles. The zero-order valence-corrected chi connectivity index (χ0v) is 10.3. The quantitative estimate of drug-likeness (QED) is 0.600. The minimum absolute atomic E-state index is 0.0418. The van der Waals surface area contributed by atoms with Gasteiger partial charge in [-0.1, -0.05) is 26.2 Å². The van der Waals surface area contributed by atoms with Gasteiger partial charge in [0, 0.05) is 12.7 Å². The number of unbranched alkanes of at least 4 members (excludes halogenated alkanes) is 3. The Morgan fingerprint density at radius 3 is 2.59 bits per heavy atom. The highest BCUT2D eigenvalue weighted by Crippen LogP contribution is 2.00. The lowest BCUT2D eigenvalue weighted by molar-refractivity contribution is 0.101. The van der Waals surface area contributed by atoms with E-state index in [1.807, 2.05) is 0 Å². The lowest BCUT2D eigenvalue weighted by Gasteiger charge is -2.05. The molecule has 0 fully saturated rings. The number of aromatic nitrogens is 2. The SMILES string of the molecule is CCCCCCn1cc(C(C)=O)c(=O)[nH]c1=O. The lowest BCUT2D eigenvalue weighted by Crippen LogP contribution is -2.32. The average Bonchev–Trinajstić information content (AvgIpc) is 2.26. The summed E-state index contributed by atoms with van der Waals surface area (Å²) >= 11 is 0. The molecule has 0 saturated heterocycles. The molecule has 1 N–H and O–H groups in total. The van der Waals surface area contributed by atoms with Gasteiger partial charge in [-0.2, -0.15) is 0 Å². The topological polar surface area (TPSA) is 71.9 Å². The van der Waals surface area contributed by atoms with Crippen molar-refractivity contribution in [2.75, 3.05) is 0 Å². The number of nitrogens with one attached hydrogen (secondary N) is 1. The van der Waals surface area contributed by atoms with Crippen LogP contribution < -0.4 is 11.2 Å². The van der Waals surface area contributed by atoms with Crippen LogP contribution in [0.15, 0.2) is 15.8 Å². The first-order valence-corrected chi connectivity index (χ1v) is 5.91. The second kappa shape index (κ2) is 6.18. The molecular formula is C12H18N2O3. The van der Waals surface area contributed by atoms with Crippen molar-refractivity contribution in [1.82, 2.24) is 9.55 Å². The molecule has 0 bridgehead atoms. The van der Waals surface area contributed by atoms with Gasteiger partial charge in [-0.25, -0.2) is 4.79 Å². The van der Waals surface area contributed by atoms with Gasteiger partial charge in [0.1, 0.15) is 0 Å². The maximum atomic E-state index is 11.5. The molecule has 1 heterocycles. The van der Waals surface area contributed by atoms with E-state index in [-0.39, 0.29) is 11.3 Å². The second-order valence-corrected chi connectivity index (χ2v) is 4.11. The standard InChI is InChI=1S/C12H18N2O3/c1-3-4-5-6-7-14-8-10(9(2)15)11(16)13-12(14)17/h8H,3-7H2,1-2H3,(H,13,16,17). The molecule has 5 nitrogen and oxygen atoms in total. The van der Waals surface area contributed by atoms with Crippen molar-refractivity contribution >= 4 is 5.78 Å². The third-order valence-corrected chi connectivity index (χ3v) is 2.64. The molecule has 0 unspecified atom stereocenters. The van der Waals surface area contributed by atoms with Crippen LogP contribution in [0.4, 0.5) is 0 Å². The summed E-state index contributed by atoms with van der Waals surface area (Å²) in [4.78, 5) is 36.1. The molecule has 1 rings (SSSR count). The highest BCUT2D eigenvalue weighted by molar-refractivity contribution is 5.93. The van der Waals surface area contributed by atoms with E-state index in [0.29, 0.717) is 6.54 Å². The van der Waals surface area contributed by atoms with Gasteiger partial charge in [-0.15, -0.1) is 0 Å². The summed E-state index contributed by atoms with van der Waals surface area (Å²) in [5.41, 5.74) is -1.01. The van der Waals surface area contributed by atoms with Crippen molar-refractivity contribution in [3.05, 3.63) is 32.6 Å². The molecule has 0 aliphatic carbocycles. The van der Waals surface area contributed by atoms with E-state index < -0.39 is 11.2 Å². The Balaban J connectivity index is 2.85. The summed E-state index contributed by atoms with van der Waals surface area (Å²) in [5, 5.41) is 0. The Labute approximate surface area is 99.5 Å². The van der Waals surface area contributed by atoms with Crippen molar-refractivity contribution < 1.29 is 4.79 Å². The van der Waals surface area contributed by atoms with E-state index in [1.54, 1.807) is 0 Å². The summed E-state index contributed by atoms with van der Waals surface area (Å²) in [5.74, 6) is -0.325. The van der Waals surface area contributed by atoms with Crippen molar-refractivity contribution in [1.29, 1.82) is 0 Å². The molecule has 17 heavy (non-hydrogen) atoms. The molecule has 0 atom stereocenters. The van der Waals surface area contributed by atoms with Crippen LogP contribution in [-0.4, -0.2) is 15.3 Å². The van der Waals surface area contributed by atoms with Crippen molar-refractivity contribution in [3.8, 4) is 0 Å². The molecule has 0 aliphatic heterocycles. The van der Waals surface area contributed by atoms with Crippen LogP contribution in [-0.2, 0) is 6.54 Å². The number of aryl methyl sites for hydroxylation is 1. The van der Waals surface area contributed by atoms with Gasteiger partial charge in [0.15, 0.2) is 5.78 Å². The number of carbonyl (C=O) groups is 1. The van der Waals surface area contributed by atoms with E-state index in [0.717, 1.165) is 25.7 Å². The molecule has 0 aliphatic rings.